The maximum Gasteiger partial charge on any atom is 0.338 e. The zero-order valence-corrected chi connectivity index (χ0v) is 28.4. The average molecular weight is 692 g/mol. The average Bonchev–Trinajstić information content (AvgIpc) is 3.44. The topological polar surface area (TPSA) is 112 Å². The van der Waals surface area contributed by atoms with Gasteiger partial charge in [-0.3, -0.25) is 9.36 Å². The van der Waals surface area contributed by atoms with Gasteiger partial charge in [0.1, 0.15) is 12.4 Å². The Bertz CT molecular complexity index is 2290. The minimum atomic E-state index is -0.904. The number of benzene rings is 4. The second-order valence-electron chi connectivity index (χ2n) is 10.8. The van der Waals surface area contributed by atoms with Crippen molar-refractivity contribution in [2.45, 2.75) is 19.6 Å². The molecule has 0 bridgehead atoms. The Morgan fingerprint density at radius 2 is 1.71 bits per heavy atom. The zero-order valence-electron chi connectivity index (χ0n) is 26.8. The summed E-state index contributed by atoms with van der Waals surface area (Å²) < 4.78 is 24.7. The lowest BCUT2D eigenvalue weighted by Crippen LogP contribution is -2.40. The summed E-state index contributed by atoms with van der Waals surface area (Å²) in [4.78, 5) is 33.5. The molecule has 0 amide bonds. The van der Waals surface area contributed by atoms with Gasteiger partial charge in [0.15, 0.2) is 16.3 Å². The van der Waals surface area contributed by atoms with Crippen LogP contribution < -0.4 is 29.1 Å². The maximum absolute atomic E-state index is 14.4. The molecule has 0 saturated carbocycles. The Morgan fingerprint density at radius 3 is 2.41 bits per heavy atom. The maximum atomic E-state index is 14.4. The first kappa shape index (κ1) is 33.3. The van der Waals surface area contributed by atoms with E-state index in [-0.39, 0.29) is 24.3 Å². The van der Waals surface area contributed by atoms with E-state index >= 15 is 0 Å². The van der Waals surface area contributed by atoms with E-state index in [0.29, 0.717) is 59.6 Å². The molecule has 9 nitrogen and oxygen atoms in total. The first-order valence-electron chi connectivity index (χ1n) is 15.3. The Balaban J connectivity index is 1.54. The summed E-state index contributed by atoms with van der Waals surface area (Å²) in [7, 11) is 3.06. The lowest BCUT2D eigenvalue weighted by Gasteiger charge is -2.26. The van der Waals surface area contributed by atoms with Crippen LogP contribution in [0.3, 0.4) is 0 Å². The van der Waals surface area contributed by atoms with Crippen LogP contribution in [0.2, 0.25) is 5.02 Å². The van der Waals surface area contributed by atoms with Gasteiger partial charge in [0, 0.05) is 16.1 Å². The molecule has 5 aromatic rings. The highest BCUT2D eigenvalue weighted by atomic mass is 35.5. The van der Waals surface area contributed by atoms with Gasteiger partial charge in [0.05, 0.1) is 54.3 Å². The summed E-state index contributed by atoms with van der Waals surface area (Å²) in [6, 6.07) is 28.1. The number of esters is 1. The Morgan fingerprint density at radius 1 is 0.980 bits per heavy atom. The molecule has 49 heavy (non-hydrogen) atoms. The molecule has 1 aromatic heterocycles. The minimum absolute atomic E-state index is 0.132. The highest BCUT2D eigenvalue weighted by Gasteiger charge is 2.35. The molecule has 246 valence electrons. The van der Waals surface area contributed by atoms with Gasteiger partial charge in [-0.05, 0) is 66.6 Å². The van der Waals surface area contributed by atoms with Crippen molar-refractivity contribution in [1.82, 2.24) is 4.57 Å². The van der Waals surface area contributed by atoms with Gasteiger partial charge in [-0.15, -0.1) is 0 Å². The Hall–Kier alpha value is -5.63. The minimum Gasteiger partial charge on any atom is -0.493 e. The predicted octanol–water partition coefficient (Wildman–Crippen LogP) is 6.06. The molecule has 0 radical (unpaired) electrons. The van der Waals surface area contributed by atoms with Crippen LogP contribution in [0.1, 0.15) is 40.8 Å². The molecule has 0 saturated heterocycles. The molecule has 0 fully saturated rings. The second-order valence-corrected chi connectivity index (χ2v) is 12.3. The van der Waals surface area contributed by atoms with Gasteiger partial charge in [0.25, 0.3) is 5.56 Å². The van der Waals surface area contributed by atoms with E-state index in [1.54, 1.807) is 61.5 Å². The van der Waals surface area contributed by atoms with Crippen LogP contribution in [0.5, 0.6) is 17.2 Å². The zero-order chi connectivity index (χ0) is 34.5. The number of aromatic nitrogens is 1. The van der Waals surface area contributed by atoms with Crippen molar-refractivity contribution in [3.63, 3.8) is 0 Å². The fourth-order valence-electron chi connectivity index (χ4n) is 5.52. The Kier molecular flexibility index (Phi) is 9.95. The number of methoxy groups -OCH3 is 2. The Labute approximate surface area is 291 Å². The van der Waals surface area contributed by atoms with Crippen molar-refractivity contribution < 1.29 is 23.7 Å². The van der Waals surface area contributed by atoms with Crippen LogP contribution in [0, 0.1) is 11.3 Å². The lowest BCUT2D eigenvalue weighted by atomic mass is 9.93. The molecular formula is C38H30ClN3O6S. The van der Waals surface area contributed by atoms with E-state index < -0.39 is 12.0 Å². The summed E-state index contributed by atoms with van der Waals surface area (Å²) in [6.45, 7) is 2.10. The van der Waals surface area contributed by atoms with Crippen molar-refractivity contribution in [2.75, 3.05) is 20.8 Å². The third-order valence-corrected chi connectivity index (χ3v) is 9.05. The third-order valence-electron chi connectivity index (χ3n) is 7.83. The standard InChI is InChI=1S/C38H30ClN3O6S/c1-4-47-37(44)33-34(25-8-6-5-7-9-25)41-38-42(35(33)26-14-16-30(45-2)31(19-26)46-3)36(43)32(49-38)20-27-18-28(39)15-17-29(27)48-22-24-12-10-23(21-40)11-13-24/h5-20,35H,4,22H2,1-3H3. The summed E-state index contributed by atoms with van der Waals surface area (Å²) >= 11 is 7.60. The van der Waals surface area contributed by atoms with Crippen LogP contribution in [-0.4, -0.2) is 31.4 Å². The number of nitrogens with zero attached hydrogens (tertiary/aromatic N) is 3. The van der Waals surface area contributed by atoms with Gasteiger partial charge in [-0.1, -0.05) is 71.5 Å². The SMILES string of the molecule is CCOC(=O)C1=C(c2ccccc2)N=c2sc(=Cc3cc(Cl)ccc3OCc3ccc(C#N)cc3)c(=O)n2C1c1ccc(OC)c(OC)c1. The van der Waals surface area contributed by atoms with E-state index in [0.717, 1.165) is 5.56 Å². The monoisotopic (exact) mass is 691 g/mol. The largest absolute Gasteiger partial charge is 0.493 e. The van der Waals surface area contributed by atoms with E-state index in [1.807, 2.05) is 42.5 Å². The van der Waals surface area contributed by atoms with Gasteiger partial charge < -0.3 is 18.9 Å². The predicted molar refractivity (Wildman–Crippen MR) is 188 cm³/mol. The van der Waals surface area contributed by atoms with Crippen molar-refractivity contribution in [1.29, 1.82) is 5.26 Å². The highest BCUT2D eigenvalue weighted by Crippen LogP contribution is 2.38. The molecule has 1 aliphatic rings. The van der Waals surface area contributed by atoms with Crippen molar-refractivity contribution in [3.8, 4) is 23.3 Å². The summed E-state index contributed by atoms with van der Waals surface area (Å²) in [5.41, 5.74) is 3.56. The molecule has 0 N–H and O–H groups in total. The van der Waals surface area contributed by atoms with E-state index in [4.69, 9.17) is 40.8 Å². The molecule has 0 aliphatic carbocycles. The van der Waals surface area contributed by atoms with Gasteiger partial charge >= 0.3 is 5.97 Å². The van der Waals surface area contributed by atoms with Crippen molar-refractivity contribution >= 4 is 40.7 Å². The van der Waals surface area contributed by atoms with Gasteiger partial charge in [0.2, 0.25) is 0 Å². The van der Waals surface area contributed by atoms with E-state index in [1.165, 1.54) is 30.1 Å². The van der Waals surface area contributed by atoms with E-state index in [2.05, 4.69) is 6.07 Å². The van der Waals surface area contributed by atoms with Crippen molar-refractivity contribution in [2.24, 2.45) is 4.99 Å². The molecule has 1 unspecified atom stereocenters. The van der Waals surface area contributed by atoms with Gasteiger partial charge in [-0.2, -0.15) is 5.26 Å². The summed E-state index contributed by atoms with van der Waals surface area (Å²) in [5.74, 6) is 0.852. The number of carbonyl (C=O) groups is 1. The number of rotatable bonds is 10. The quantitative estimate of drug-likeness (QED) is 0.164. The number of fused-ring (bicyclic) bond motifs is 1. The first-order valence-corrected chi connectivity index (χ1v) is 16.5. The first-order chi connectivity index (χ1) is 23.8. The van der Waals surface area contributed by atoms with Crippen LogP contribution >= 0.6 is 22.9 Å². The number of thiazole rings is 1. The van der Waals surface area contributed by atoms with Crippen LogP contribution in [0.4, 0.5) is 0 Å². The van der Waals surface area contributed by atoms with Gasteiger partial charge in [-0.25, -0.2) is 9.79 Å². The second kappa shape index (κ2) is 14.6. The molecule has 1 aliphatic heterocycles. The number of ether oxygens (including phenoxy) is 4. The smallest absolute Gasteiger partial charge is 0.338 e. The van der Waals surface area contributed by atoms with Crippen LogP contribution in [0.25, 0.3) is 11.8 Å². The highest BCUT2D eigenvalue weighted by molar-refractivity contribution is 7.07. The molecular weight excluding hydrogens is 662 g/mol. The molecule has 2 heterocycles. The normalized spacial score (nSPS) is 14.0. The fourth-order valence-corrected chi connectivity index (χ4v) is 6.69. The fraction of sp³-hybridized carbons (Fsp3) is 0.158. The third kappa shape index (κ3) is 6.85. The number of hydrogen-bond donors (Lipinski definition) is 0. The van der Waals surface area contributed by atoms with Crippen molar-refractivity contribution in [3.05, 3.63) is 149 Å². The molecule has 4 aromatic carbocycles. The lowest BCUT2D eigenvalue weighted by molar-refractivity contribution is -0.138. The number of carbonyl (C=O) groups excluding carboxylic acids is 1. The number of hydrogen-bond acceptors (Lipinski definition) is 9. The molecule has 0 spiro atoms. The number of halogens is 1. The van der Waals surface area contributed by atoms with Crippen LogP contribution in [-0.2, 0) is 16.1 Å². The molecule has 11 heteroatoms. The summed E-state index contributed by atoms with van der Waals surface area (Å²) in [5, 5.41) is 9.58. The molecule has 1 atom stereocenters. The molecule has 6 rings (SSSR count). The van der Waals surface area contributed by atoms with E-state index in [9.17, 15) is 9.59 Å². The van der Waals surface area contributed by atoms with Crippen LogP contribution in [0.15, 0.2) is 106 Å². The summed E-state index contributed by atoms with van der Waals surface area (Å²) in [6.07, 6.45) is 1.71. The number of nitriles is 1.